The van der Waals surface area contributed by atoms with Gasteiger partial charge in [-0.3, -0.25) is 9.78 Å². The number of cyclic esters (lactones) is 1. The topological polar surface area (TPSA) is 77.5 Å². The summed E-state index contributed by atoms with van der Waals surface area (Å²) in [5, 5.41) is 3.00. The Balaban J connectivity index is 1.34. The number of nitrogens with zero attached hydrogens (tertiary/aromatic N) is 1. The van der Waals surface area contributed by atoms with Crippen LogP contribution in [0.25, 0.3) is 17.2 Å². The number of esters is 1. The summed E-state index contributed by atoms with van der Waals surface area (Å²) >= 11 is 0. The van der Waals surface area contributed by atoms with E-state index in [-0.39, 0.29) is 47.8 Å². The Morgan fingerprint density at radius 3 is 2.83 bits per heavy atom. The molecule has 0 spiro atoms. The van der Waals surface area contributed by atoms with E-state index in [1.807, 2.05) is 31.2 Å². The van der Waals surface area contributed by atoms with E-state index in [1.165, 1.54) is 12.1 Å². The number of benzene rings is 1. The van der Waals surface area contributed by atoms with Crippen molar-refractivity contribution in [3.8, 4) is 11.1 Å². The van der Waals surface area contributed by atoms with Crippen molar-refractivity contribution in [3.05, 3.63) is 60.2 Å². The predicted octanol–water partition coefficient (Wildman–Crippen LogP) is 5.63. The molecule has 5 rings (SSSR count). The van der Waals surface area contributed by atoms with E-state index in [0.717, 1.165) is 42.5 Å². The summed E-state index contributed by atoms with van der Waals surface area (Å²) in [7, 11) is 0. The maximum Gasteiger partial charge on any atom is 0.407 e. The molecule has 1 amide bonds. The molecule has 2 heterocycles. The highest BCUT2D eigenvalue weighted by molar-refractivity contribution is 5.75. The van der Waals surface area contributed by atoms with Gasteiger partial charge in [0.15, 0.2) is 0 Å². The van der Waals surface area contributed by atoms with Gasteiger partial charge in [0.1, 0.15) is 11.9 Å². The average molecular weight is 493 g/mol. The first-order valence-electron chi connectivity index (χ1n) is 13.0. The van der Waals surface area contributed by atoms with E-state index in [4.69, 9.17) is 9.47 Å². The van der Waals surface area contributed by atoms with Crippen molar-refractivity contribution in [2.24, 2.45) is 29.6 Å². The fourth-order valence-electron chi connectivity index (χ4n) is 6.64. The zero-order valence-corrected chi connectivity index (χ0v) is 20.7. The van der Waals surface area contributed by atoms with Crippen LogP contribution in [0.15, 0.2) is 48.7 Å². The van der Waals surface area contributed by atoms with Crippen LogP contribution in [-0.2, 0) is 14.3 Å². The summed E-state index contributed by atoms with van der Waals surface area (Å²) in [6, 6.07) is 10.4. The number of rotatable bonds is 5. The van der Waals surface area contributed by atoms with Crippen molar-refractivity contribution in [2.45, 2.75) is 51.7 Å². The molecular formula is C29H33FN2O4. The number of nitrogens with one attached hydrogen (secondary N) is 1. The van der Waals surface area contributed by atoms with Gasteiger partial charge in [-0.2, -0.15) is 0 Å². The molecule has 2 saturated carbocycles. The molecule has 7 heteroatoms. The highest BCUT2D eigenvalue weighted by atomic mass is 19.1. The number of allylic oxidation sites excluding steroid dienone is 1. The van der Waals surface area contributed by atoms with E-state index < -0.39 is 0 Å². The van der Waals surface area contributed by atoms with Crippen LogP contribution in [0.2, 0.25) is 0 Å². The number of alkyl carbamates (subject to hydrolysis) is 1. The van der Waals surface area contributed by atoms with E-state index >= 15 is 0 Å². The number of hydrogen-bond donors (Lipinski definition) is 1. The molecule has 7 atom stereocenters. The molecule has 0 radical (unpaired) electrons. The second-order valence-corrected chi connectivity index (χ2v) is 10.3. The highest BCUT2D eigenvalue weighted by Crippen LogP contribution is 2.53. The number of halogens is 1. The van der Waals surface area contributed by atoms with Crippen LogP contribution in [-0.4, -0.2) is 35.8 Å². The summed E-state index contributed by atoms with van der Waals surface area (Å²) < 4.78 is 24.3. The third-order valence-corrected chi connectivity index (χ3v) is 8.18. The SMILES string of the molecule is CCOC(=O)N[C@H]1CC[C@@H]2[C@H](CC3C(=O)O[C@H](C)[C@@H]3[C@H]2/C=C/c2ccc(-c3cccc(F)c3)cn2)C1. The lowest BCUT2D eigenvalue weighted by atomic mass is 9.57. The van der Waals surface area contributed by atoms with Gasteiger partial charge < -0.3 is 14.8 Å². The van der Waals surface area contributed by atoms with Gasteiger partial charge in [0.2, 0.25) is 0 Å². The molecule has 2 aromatic rings. The van der Waals surface area contributed by atoms with Crippen molar-refractivity contribution in [3.63, 3.8) is 0 Å². The fraction of sp³-hybridized carbons (Fsp3) is 0.483. The van der Waals surface area contributed by atoms with Gasteiger partial charge in [-0.1, -0.05) is 24.3 Å². The van der Waals surface area contributed by atoms with E-state index in [2.05, 4.69) is 16.4 Å². The Hall–Kier alpha value is -3.22. The number of carbonyl (C=O) groups is 2. The van der Waals surface area contributed by atoms with Crippen molar-refractivity contribution in [1.29, 1.82) is 0 Å². The van der Waals surface area contributed by atoms with Gasteiger partial charge in [-0.05, 0) is 87.1 Å². The number of fused-ring (bicyclic) bond motifs is 2. The predicted molar refractivity (Wildman–Crippen MR) is 134 cm³/mol. The van der Waals surface area contributed by atoms with Crippen molar-refractivity contribution in [1.82, 2.24) is 10.3 Å². The number of hydrogen-bond acceptors (Lipinski definition) is 5. The lowest BCUT2D eigenvalue weighted by molar-refractivity contribution is -0.144. The minimum Gasteiger partial charge on any atom is -0.462 e. The van der Waals surface area contributed by atoms with E-state index in [9.17, 15) is 14.0 Å². The van der Waals surface area contributed by atoms with Gasteiger partial charge in [-0.15, -0.1) is 0 Å². The number of carbonyl (C=O) groups excluding carboxylic acids is 2. The Morgan fingerprint density at radius 2 is 2.08 bits per heavy atom. The Labute approximate surface area is 211 Å². The molecule has 1 aliphatic heterocycles. The Morgan fingerprint density at radius 1 is 1.22 bits per heavy atom. The van der Waals surface area contributed by atoms with Crippen LogP contribution in [0.1, 0.15) is 45.2 Å². The number of aromatic nitrogens is 1. The van der Waals surface area contributed by atoms with Gasteiger partial charge >= 0.3 is 12.1 Å². The van der Waals surface area contributed by atoms with Gasteiger partial charge in [-0.25, -0.2) is 9.18 Å². The quantitative estimate of drug-likeness (QED) is 0.548. The molecule has 1 aromatic heterocycles. The molecule has 36 heavy (non-hydrogen) atoms. The van der Waals surface area contributed by atoms with Gasteiger partial charge in [0.05, 0.1) is 18.2 Å². The van der Waals surface area contributed by atoms with Crippen LogP contribution in [0.3, 0.4) is 0 Å². The van der Waals surface area contributed by atoms with Gasteiger partial charge in [0.25, 0.3) is 0 Å². The first-order valence-corrected chi connectivity index (χ1v) is 13.0. The smallest absolute Gasteiger partial charge is 0.407 e. The van der Waals surface area contributed by atoms with E-state index in [0.29, 0.717) is 18.4 Å². The molecule has 2 aliphatic carbocycles. The normalized spacial score (nSPS) is 31.4. The number of pyridine rings is 1. The molecule has 6 nitrogen and oxygen atoms in total. The molecule has 3 aliphatic rings. The monoisotopic (exact) mass is 492 g/mol. The third-order valence-electron chi connectivity index (χ3n) is 8.18. The van der Waals surface area contributed by atoms with Crippen molar-refractivity contribution in [2.75, 3.05) is 6.61 Å². The molecule has 1 N–H and O–H groups in total. The zero-order valence-electron chi connectivity index (χ0n) is 20.7. The summed E-state index contributed by atoms with van der Waals surface area (Å²) in [6.07, 6.45) is 9.07. The van der Waals surface area contributed by atoms with Gasteiger partial charge in [0, 0.05) is 23.7 Å². The largest absolute Gasteiger partial charge is 0.462 e. The molecule has 1 aromatic carbocycles. The zero-order chi connectivity index (χ0) is 25.2. The molecular weight excluding hydrogens is 459 g/mol. The molecule has 190 valence electrons. The van der Waals surface area contributed by atoms with Crippen LogP contribution in [0.4, 0.5) is 9.18 Å². The van der Waals surface area contributed by atoms with Crippen molar-refractivity contribution < 1.29 is 23.5 Å². The first-order chi connectivity index (χ1) is 17.4. The maximum atomic E-state index is 13.6. The number of ether oxygens (including phenoxy) is 2. The summed E-state index contributed by atoms with van der Waals surface area (Å²) in [6.45, 7) is 4.15. The minimum absolute atomic E-state index is 0.0679. The maximum absolute atomic E-state index is 13.6. The second kappa shape index (κ2) is 10.4. The van der Waals surface area contributed by atoms with Crippen LogP contribution >= 0.6 is 0 Å². The minimum atomic E-state index is -0.368. The summed E-state index contributed by atoms with van der Waals surface area (Å²) in [4.78, 5) is 29.2. The lowest BCUT2D eigenvalue weighted by Crippen LogP contribution is -2.48. The Bertz CT molecular complexity index is 1130. The number of amides is 1. The third kappa shape index (κ3) is 5.01. The van der Waals surface area contributed by atoms with Crippen LogP contribution in [0.5, 0.6) is 0 Å². The summed E-state index contributed by atoms with van der Waals surface area (Å²) in [5.41, 5.74) is 2.48. The molecule has 1 saturated heterocycles. The fourth-order valence-corrected chi connectivity index (χ4v) is 6.64. The molecule has 3 fully saturated rings. The standard InChI is InChI=1S/C29H33FN2O4/c1-3-35-29(34)32-23-10-11-24-20(14-23)15-26-27(17(2)36-28(26)33)25(24)12-9-22-8-7-19(16-31-22)18-5-4-6-21(30)13-18/h4-9,12-13,16-17,20,23-27H,3,10-11,14-15H2,1-2H3,(H,32,34)/b12-9+/t17-,20+,23+,24-,25+,26?,27-/m1/s1. The average Bonchev–Trinajstić information content (AvgIpc) is 3.15. The highest BCUT2D eigenvalue weighted by Gasteiger charge is 2.54. The molecule has 1 unspecified atom stereocenters. The van der Waals surface area contributed by atoms with Crippen molar-refractivity contribution >= 4 is 18.1 Å². The van der Waals surface area contributed by atoms with Crippen LogP contribution < -0.4 is 5.32 Å². The van der Waals surface area contributed by atoms with E-state index in [1.54, 1.807) is 19.2 Å². The van der Waals surface area contributed by atoms with Crippen LogP contribution in [0, 0.1) is 35.4 Å². The molecule has 0 bridgehead atoms. The second-order valence-electron chi connectivity index (χ2n) is 10.3. The Kier molecular flexibility index (Phi) is 7.08. The summed E-state index contributed by atoms with van der Waals surface area (Å²) in [5.74, 6) is 0.629. The lowest BCUT2D eigenvalue weighted by Gasteiger charge is -2.47. The first kappa shape index (κ1) is 24.5.